The third-order valence-electron chi connectivity index (χ3n) is 6.16. The molecule has 3 nitrogen and oxygen atoms in total. The van der Waals surface area contributed by atoms with Crippen molar-refractivity contribution in [3.05, 3.63) is 136 Å². The molecule has 0 fully saturated rings. The highest BCUT2D eigenvalue weighted by Crippen LogP contribution is 2.22. The first-order valence-corrected chi connectivity index (χ1v) is 11.8. The third-order valence-corrected chi connectivity index (χ3v) is 6.16. The smallest absolute Gasteiger partial charge is 0.343 e. The van der Waals surface area contributed by atoms with Gasteiger partial charge in [0.05, 0.1) is 5.56 Å². The van der Waals surface area contributed by atoms with E-state index in [1.807, 2.05) is 18.2 Å². The van der Waals surface area contributed by atoms with E-state index in [-0.39, 0.29) is 11.3 Å². The second-order valence-corrected chi connectivity index (χ2v) is 8.79. The summed E-state index contributed by atoms with van der Waals surface area (Å²) in [6, 6.07) is 29.2. The van der Waals surface area contributed by atoms with Crippen molar-refractivity contribution in [3.63, 3.8) is 0 Å². The van der Waals surface area contributed by atoms with Gasteiger partial charge in [-0.3, -0.25) is 0 Å². The summed E-state index contributed by atoms with van der Waals surface area (Å²) in [6.07, 6.45) is 2.66. The Hall–Kier alpha value is -4.30. The van der Waals surface area contributed by atoms with Crippen molar-refractivity contribution >= 4 is 5.97 Å². The Morgan fingerprint density at radius 3 is 1.92 bits per heavy atom. The highest BCUT2D eigenvalue weighted by molar-refractivity contribution is 5.91. The fourth-order valence-corrected chi connectivity index (χ4v) is 4.07. The maximum absolute atomic E-state index is 13.7. The summed E-state index contributed by atoms with van der Waals surface area (Å²) < 4.78 is 32.5. The second kappa shape index (κ2) is 11.4. The molecule has 0 amide bonds. The molecule has 1 unspecified atom stereocenters. The highest BCUT2D eigenvalue weighted by Gasteiger charge is 2.15. The van der Waals surface area contributed by atoms with Gasteiger partial charge < -0.3 is 4.74 Å². The van der Waals surface area contributed by atoms with E-state index in [0.29, 0.717) is 5.92 Å². The summed E-state index contributed by atoms with van der Waals surface area (Å²) in [5.74, 6) is -2.72. The third kappa shape index (κ3) is 6.22. The lowest BCUT2D eigenvalue weighted by molar-refractivity contribution is 0.0734. The van der Waals surface area contributed by atoms with Crippen molar-refractivity contribution in [2.24, 2.45) is 0 Å². The van der Waals surface area contributed by atoms with Gasteiger partial charge in [-0.15, -0.1) is 0 Å². The molecule has 4 aromatic carbocycles. The topological polar surface area (TPSA) is 50.1 Å². The van der Waals surface area contributed by atoms with Crippen LogP contribution in [-0.4, -0.2) is 5.97 Å². The monoisotopic (exact) mass is 481 g/mol. The van der Waals surface area contributed by atoms with Crippen molar-refractivity contribution in [2.45, 2.75) is 32.1 Å². The van der Waals surface area contributed by atoms with E-state index in [1.54, 1.807) is 12.1 Å². The van der Waals surface area contributed by atoms with Crippen molar-refractivity contribution in [3.8, 4) is 11.8 Å². The number of nitriles is 1. The molecule has 0 spiro atoms. The lowest BCUT2D eigenvalue weighted by Gasteiger charge is -2.12. The molecule has 0 saturated carbocycles. The van der Waals surface area contributed by atoms with Crippen LogP contribution in [0.4, 0.5) is 8.78 Å². The van der Waals surface area contributed by atoms with Crippen LogP contribution in [0.5, 0.6) is 5.75 Å². The molecule has 1 atom stereocenters. The Labute approximate surface area is 209 Å². The predicted octanol–water partition coefficient (Wildman–Crippen LogP) is 7.19. The summed E-state index contributed by atoms with van der Waals surface area (Å²) in [5.41, 5.74) is 4.49. The van der Waals surface area contributed by atoms with E-state index in [2.05, 4.69) is 55.5 Å². The zero-order valence-electron chi connectivity index (χ0n) is 19.9. The Kier molecular flexibility index (Phi) is 7.87. The van der Waals surface area contributed by atoms with Crippen LogP contribution in [0.3, 0.4) is 0 Å². The van der Waals surface area contributed by atoms with E-state index in [4.69, 9.17) is 10.00 Å². The quantitative estimate of drug-likeness (QED) is 0.198. The summed E-state index contributed by atoms with van der Waals surface area (Å²) in [4.78, 5) is 12.3. The molecule has 0 N–H and O–H groups in total. The predicted molar refractivity (Wildman–Crippen MR) is 135 cm³/mol. The van der Waals surface area contributed by atoms with E-state index in [1.165, 1.54) is 22.8 Å². The summed E-state index contributed by atoms with van der Waals surface area (Å²) in [5, 5.41) is 8.74. The number of hydrogen-bond acceptors (Lipinski definition) is 3. The maximum atomic E-state index is 13.7. The molecule has 0 aliphatic rings. The average molecular weight is 482 g/mol. The molecule has 0 aliphatic carbocycles. The van der Waals surface area contributed by atoms with E-state index in [9.17, 15) is 13.6 Å². The lowest BCUT2D eigenvalue weighted by atomic mass is 9.93. The Morgan fingerprint density at radius 2 is 1.36 bits per heavy atom. The zero-order valence-corrected chi connectivity index (χ0v) is 19.9. The van der Waals surface area contributed by atoms with E-state index >= 15 is 0 Å². The number of esters is 1. The van der Waals surface area contributed by atoms with Gasteiger partial charge in [0.25, 0.3) is 0 Å². The molecule has 4 rings (SSSR count). The molecular formula is C31H25F2NO2. The fourth-order valence-electron chi connectivity index (χ4n) is 4.07. The number of halogens is 2. The summed E-state index contributed by atoms with van der Waals surface area (Å²) in [6.45, 7) is 2.24. The van der Waals surface area contributed by atoms with Crippen LogP contribution in [0.15, 0.2) is 91.0 Å². The van der Waals surface area contributed by atoms with Gasteiger partial charge in [-0.25, -0.2) is 13.6 Å². The van der Waals surface area contributed by atoms with E-state index < -0.39 is 23.2 Å². The number of benzene rings is 4. The van der Waals surface area contributed by atoms with Gasteiger partial charge in [0.15, 0.2) is 0 Å². The number of ether oxygens (including phenoxy) is 1. The first kappa shape index (κ1) is 24.8. The van der Waals surface area contributed by atoms with Crippen LogP contribution in [0.1, 0.15) is 51.0 Å². The van der Waals surface area contributed by atoms with E-state index in [0.717, 1.165) is 37.0 Å². The number of carbonyl (C=O) groups excluding carboxylic acids is 1. The molecule has 0 bridgehead atoms. The van der Waals surface area contributed by atoms with Crippen LogP contribution in [0, 0.1) is 23.0 Å². The van der Waals surface area contributed by atoms with Crippen LogP contribution in [-0.2, 0) is 19.3 Å². The van der Waals surface area contributed by atoms with Gasteiger partial charge in [-0.05, 0) is 59.6 Å². The second-order valence-electron chi connectivity index (χ2n) is 8.79. The first-order chi connectivity index (χ1) is 17.4. The van der Waals surface area contributed by atoms with Gasteiger partial charge in [0.2, 0.25) is 0 Å². The minimum atomic E-state index is -1.07. The highest BCUT2D eigenvalue weighted by atomic mass is 19.1. The molecule has 0 aliphatic heterocycles. The number of hydrogen-bond donors (Lipinski definition) is 0. The Morgan fingerprint density at radius 1 is 0.833 bits per heavy atom. The van der Waals surface area contributed by atoms with Crippen molar-refractivity contribution < 1.29 is 18.3 Å². The molecule has 4 aromatic rings. The number of carbonyl (C=O) groups is 1. The van der Waals surface area contributed by atoms with Gasteiger partial charge >= 0.3 is 5.97 Å². The van der Waals surface area contributed by atoms with Crippen LogP contribution in [0.25, 0.3) is 0 Å². The Balaban J connectivity index is 1.30. The fraction of sp³-hybridized carbons (Fsp3) is 0.161. The number of rotatable bonds is 8. The SMILES string of the molecule is CC(Cc1ccc(CCc2ccc(C(=O)Oc3cc(F)c(C#N)c(F)c3)cc2)cc1)c1ccccc1. The van der Waals surface area contributed by atoms with Crippen molar-refractivity contribution in [1.29, 1.82) is 5.26 Å². The van der Waals surface area contributed by atoms with Crippen LogP contribution < -0.4 is 4.74 Å². The summed E-state index contributed by atoms with van der Waals surface area (Å²) in [7, 11) is 0. The lowest BCUT2D eigenvalue weighted by Crippen LogP contribution is -2.09. The van der Waals surface area contributed by atoms with Crippen LogP contribution in [0.2, 0.25) is 0 Å². The van der Waals surface area contributed by atoms with Gasteiger partial charge in [-0.1, -0.05) is 73.7 Å². The van der Waals surface area contributed by atoms with Gasteiger partial charge in [0, 0.05) is 12.1 Å². The largest absolute Gasteiger partial charge is 0.423 e. The zero-order chi connectivity index (χ0) is 25.5. The van der Waals surface area contributed by atoms with Crippen molar-refractivity contribution in [1.82, 2.24) is 0 Å². The minimum Gasteiger partial charge on any atom is -0.423 e. The molecule has 0 aromatic heterocycles. The first-order valence-electron chi connectivity index (χ1n) is 11.8. The van der Waals surface area contributed by atoms with Crippen LogP contribution >= 0.6 is 0 Å². The average Bonchev–Trinajstić information content (AvgIpc) is 2.89. The molecule has 0 radical (unpaired) electrons. The molecule has 0 heterocycles. The molecule has 5 heteroatoms. The summed E-state index contributed by atoms with van der Waals surface area (Å²) >= 11 is 0. The number of aryl methyl sites for hydroxylation is 2. The molecular weight excluding hydrogens is 456 g/mol. The molecule has 0 saturated heterocycles. The number of nitrogens with zero attached hydrogens (tertiary/aromatic N) is 1. The molecule has 36 heavy (non-hydrogen) atoms. The minimum absolute atomic E-state index is 0.265. The molecule has 180 valence electrons. The van der Waals surface area contributed by atoms with Gasteiger partial charge in [-0.2, -0.15) is 5.26 Å². The standard InChI is InChI=1S/C31H25F2NO2/c1-21(25-5-3-2-4-6-25)17-24-11-9-22(10-12-24)7-8-23-13-15-26(16-14-23)31(35)36-27-18-29(32)28(20-34)30(33)19-27/h2-6,9-16,18-19,21H,7-8,17H2,1H3. The maximum Gasteiger partial charge on any atom is 0.343 e. The van der Waals surface area contributed by atoms with Crippen molar-refractivity contribution in [2.75, 3.05) is 0 Å². The normalized spacial score (nSPS) is 11.5. The van der Waals surface area contributed by atoms with Gasteiger partial charge in [0.1, 0.15) is 29.0 Å². The Bertz CT molecular complexity index is 1350.